The Morgan fingerprint density at radius 3 is 2.66 bits per heavy atom. The Morgan fingerprint density at radius 2 is 2.07 bits per heavy atom. The van der Waals surface area contributed by atoms with Gasteiger partial charge in [0.1, 0.15) is 5.75 Å². The Morgan fingerprint density at radius 1 is 1.38 bits per heavy atom. The van der Waals surface area contributed by atoms with E-state index in [-0.39, 0.29) is 0 Å². The van der Waals surface area contributed by atoms with E-state index in [2.05, 4.69) is 4.99 Å². The molecule has 3 rings (SSSR count). The number of aromatic nitrogens is 1. The lowest BCUT2D eigenvalue weighted by Gasteiger charge is -2.34. The van der Waals surface area contributed by atoms with Crippen LogP contribution in [0.2, 0.25) is 5.02 Å². The smallest absolute Gasteiger partial charge is 0.283 e. The first kappa shape index (κ1) is 22.0. The second-order valence-electron chi connectivity index (χ2n) is 7.93. The van der Waals surface area contributed by atoms with E-state index >= 15 is 0 Å². The molecule has 1 N–H and O–H groups in total. The number of nitrogens with zero attached hydrogens (tertiary/aromatic N) is 2. The number of benzene rings is 1. The minimum Gasteiger partial charge on any atom is -0.496 e. The largest absolute Gasteiger partial charge is 0.496 e. The number of aliphatic hydroxyl groups is 1. The van der Waals surface area contributed by atoms with Crippen molar-refractivity contribution in [1.82, 2.24) is 4.57 Å². The molecule has 29 heavy (non-hydrogen) atoms. The molecule has 2 aromatic rings. The average molecular weight is 439 g/mol. The Balaban J connectivity index is 2.03. The first-order valence-corrected chi connectivity index (χ1v) is 10.7. The van der Waals surface area contributed by atoms with Crippen molar-refractivity contribution in [1.29, 1.82) is 0 Å². The third-order valence-electron chi connectivity index (χ3n) is 5.27. The molecule has 1 aromatic carbocycles. The molecule has 6 nitrogen and oxygen atoms in total. The number of hydrogen-bond donors (Lipinski definition) is 1. The summed E-state index contributed by atoms with van der Waals surface area (Å²) in [5.41, 5.74) is 0.217. The monoisotopic (exact) mass is 438 g/mol. The molecule has 1 aliphatic carbocycles. The number of thiazole rings is 1. The summed E-state index contributed by atoms with van der Waals surface area (Å²) in [5.74, 6) is 0.454. The summed E-state index contributed by atoms with van der Waals surface area (Å²) in [4.78, 5) is 18.7. The van der Waals surface area contributed by atoms with Crippen molar-refractivity contribution in [3.05, 3.63) is 44.2 Å². The fourth-order valence-electron chi connectivity index (χ4n) is 3.62. The first-order valence-electron chi connectivity index (χ1n) is 9.52. The summed E-state index contributed by atoms with van der Waals surface area (Å²) in [5, 5.41) is 11.0. The van der Waals surface area contributed by atoms with Crippen molar-refractivity contribution in [2.75, 3.05) is 14.2 Å². The number of carbonyl (C=O) groups excluding carboxylic acids is 1. The summed E-state index contributed by atoms with van der Waals surface area (Å²) in [6, 6.07) is 4.88. The third kappa shape index (κ3) is 4.74. The number of halogens is 1. The van der Waals surface area contributed by atoms with Crippen LogP contribution in [0.15, 0.2) is 23.2 Å². The lowest BCUT2D eigenvalue weighted by Crippen LogP contribution is -2.35. The number of methoxy groups -OCH3 is 2. The molecular weight excluding hydrogens is 412 g/mol. The molecule has 0 atom stereocenters. The van der Waals surface area contributed by atoms with Crippen LogP contribution in [0.5, 0.6) is 5.75 Å². The Labute approximate surface area is 179 Å². The highest BCUT2D eigenvalue weighted by Crippen LogP contribution is 2.33. The zero-order valence-electron chi connectivity index (χ0n) is 17.4. The molecule has 1 aromatic heterocycles. The molecule has 0 spiro atoms. The zero-order valence-corrected chi connectivity index (χ0v) is 18.9. The molecule has 8 heteroatoms. The predicted molar refractivity (Wildman–Crippen MR) is 114 cm³/mol. The predicted octanol–water partition coefficient (Wildman–Crippen LogP) is 3.91. The summed E-state index contributed by atoms with van der Waals surface area (Å²) in [6.45, 7) is 6.18. The lowest BCUT2D eigenvalue weighted by molar-refractivity contribution is -0.00491. The van der Waals surface area contributed by atoms with Gasteiger partial charge in [-0.1, -0.05) is 22.9 Å². The maximum absolute atomic E-state index is 12.9. The molecule has 1 saturated carbocycles. The van der Waals surface area contributed by atoms with Gasteiger partial charge in [-0.2, -0.15) is 4.99 Å². The summed E-state index contributed by atoms with van der Waals surface area (Å²) in [7, 11) is 3.23. The van der Waals surface area contributed by atoms with Crippen LogP contribution in [0.3, 0.4) is 0 Å². The Kier molecular flexibility index (Phi) is 6.53. The third-order valence-corrected chi connectivity index (χ3v) is 7.00. The standard InChI is InChI=1S/C21H27ClN2O4S/c1-12-18(21(2,3)26)29-20(24(12)11-13-8-15(9-13)27-4)23-19(25)16-10-14(22)6-7-17(16)28-5/h6-7,10,13,15,26H,8-9,11H2,1-5H3/t13-,15+. The lowest BCUT2D eigenvalue weighted by atomic mass is 9.82. The van der Waals surface area contributed by atoms with Crippen LogP contribution in [0.4, 0.5) is 0 Å². The summed E-state index contributed by atoms with van der Waals surface area (Å²) < 4.78 is 12.7. The first-order chi connectivity index (χ1) is 13.6. The maximum atomic E-state index is 12.9. The van der Waals surface area contributed by atoms with E-state index < -0.39 is 11.5 Å². The highest BCUT2D eigenvalue weighted by atomic mass is 35.5. The Bertz CT molecular complexity index is 968. The van der Waals surface area contributed by atoms with Gasteiger partial charge < -0.3 is 19.1 Å². The van der Waals surface area contributed by atoms with Crippen molar-refractivity contribution in [3.63, 3.8) is 0 Å². The van der Waals surface area contributed by atoms with E-state index in [0.29, 0.717) is 33.2 Å². The molecule has 0 bridgehead atoms. The van der Waals surface area contributed by atoms with Gasteiger partial charge in [-0.15, -0.1) is 0 Å². The number of amides is 1. The Hall–Kier alpha value is -1.67. The molecular formula is C21H27ClN2O4S. The molecule has 1 fully saturated rings. The molecule has 0 aliphatic heterocycles. The van der Waals surface area contributed by atoms with Crippen molar-refractivity contribution in [2.45, 2.75) is 51.9 Å². The van der Waals surface area contributed by atoms with Crippen molar-refractivity contribution < 1.29 is 19.4 Å². The van der Waals surface area contributed by atoms with Crippen LogP contribution in [0.1, 0.15) is 47.6 Å². The molecule has 0 saturated heterocycles. The fraction of sp³-hybridized carbons (Fsp3) is 0.524. The average Bonchev–Trinajstić information content (AvgIpc) is 2.93. The van der Waals surface area contributed by atoms with E-state index in [1.165, 1.54) is 18.4 Å². The van der Waals surface area contributed by atoms with Crippen LogP contribution < -0.4 is 9.54 Å². The number of rotatable bonds is 6. The van der Waals surface area contributed by atoms with E-state index in [4.69, 9.17) is 21.1 Å². The summed E-state index contributed by atoms with van der Waals surface area (Å²) in [6.07, 6.45) is 2.25. The van der Waals surface area contributed by atoms with Crippen LogP contribution >= 0.6 is 22.9 Å². The molecule has 1 amide bonds. The zero-order chi connectivity index (χ0) is 21.3. The van der Waals surface area contributed by atoms with Crippen molar-refractivity contribution in [3.8, 4) is 5.75 Å². The maximum Gasteiger partial charge on any atom is 0.283 e. The van der Waals surface area contributed by atoms with Gasteiger partial charge in [-0.05, 0) is 57.7 Å². The van der Waals surface area contributed by atoms with Gasteiger partial charge in [0.05, 0.1) is 29.3 Å². The summed E-state index contributed by atoms with van der Waals surface area (Å²) >= 11 is 7.40. The molecule has 0 radical (unpaired) electrons. The molecule has 1 heterocycles. The number of hydrogen-bond acceptors (Lipinski definition) is 5. The van der Waals surface area contributed by atoms with Crippen LogP contribution in [0.25, 0.3) is 0 Å². The van der Waals surface area contributed by atoms with Crippen LogP contribution in [0, 0.1) is 12.8 Å². The molecule has 1 aliphatic rings. The number of ether oxygens (including phenoxy) is 2. The van der Waals surface area contributed by atoms with Crippen LogP contribution in [-0.4, -0.2) is 35.9 Å². The van der Waals surface area contributed by atoms with Crippen LogP contribution in [-0.2, 0) is 16.9 Å². The van der Waals surface area contributed by atoms with Gasteiger partial charge in [-0.3, -0.25) is 4.79 Å². The van der Waals surface area contributed by atoms with Crippen molar-refractivity contribution in [2.24, 2.45) is 10.9 Å². The van der Waals surface area contributed by atoms with Gasteiger partial charge in [0.2, 0.25) is 0 Å². The topological polar surface area (TPSA) is 73.0 Å². The van der Waals surface area contributed by atoms with E-state index in [1.54, 1.807) is 39.2 Å². The second-order valence-corrected chi connectivity index (χ2v) is 9.34. The minimum absolute atomic E-state index is 0.297. The quantitative estimate of drug-likeness (QED) is 0.742. The highest BCUT2D eigenvalue weighted by Gasteiger charge is 2.31. The normalized spacial score (nSPS) is 19.9. The minimum atomic E-state index is -1.02. The van der Waals surface area contributed by atoms with E-state index in [1.807, 2.05) is 11.5 Å². The molecule has 158 valence electrons. The van der Waals surface area contributed by atoms with Gasteiger partial charge in [0.25, 0.3) is 5.91 Å². The fourth-order valence-corrected chi connectivity index (χ4v) is 4.93. The molecule has 0 unspecified atom stereocenters. The second kappa shape index (κ2) is 8.60. The number of carbonyl (C=O) groups is 1. The SMILES string of the molecule is COc1ccc(Cl)cc1C(=O)N=c1sc(C(C)(C)O)c(C)n1C[C@H]1C[C@@H](OC)C1. The van der Waals surface area contributed by atoms with E-state index in [9.17, 15) is 9.90 Å². The van der Waals surface area contributed by atoms with E-state index in [0.717, 1.165) is 30.0 Å². The van der Waals surface area contributed by atoms with Gasteiger partial charge in [0.15, 0.2) is 4.80 Å². The van der Waals surface area contributed by atoms with Gasteiger partial charge in [0, 0.05) is 24.4 Å². The van der Waals surface area contributed by atoms with Gasteiger partial charge in [-0.25, -0.2) is 0 Å². The highest BCUT2D eigenvalue weighted by molar-refractivity contribution is 7.09. The van der Waals surface area contributed by atoms with Crippen molar-refractivity contribution >= 4 is 28.8 Å². The van der Waals surface area contributed by atoms with Gasteiger partial charge >= 0.3 is 0 Å².